The van der Waals surface area contributed by atoms with Crippen LogP contribution in [0.2, 0.25) is 0 Å². The van der Waals surface area contributed by atoms with Crippen LogP contribution in [0.3, 0.4) is 0 Å². The third-order valence-electron chi connectivity index (χ3n) is 3.05. The zero-order valence-electron chi connectivity index (χ0n) is 11.7. The summed E-state index contributed by atoms with van der Waals surface area (Å²) in [6.07, 6.45) is 0.728. The SMILES string of the molecule is CC(C)(CCN)NC(=O)c1ccc2ccccc2n1.Cl. The van der Waals surface area contributed by atoms with Crippen LogP contribution in [0.25, 0.3) is 10.9 Å². The second kappa shape index (κ2) is 6.68. The molecule has 3 N–H and O–H groups in total. The normalized spacial score (nSPS) is 10.9. The van der Waals surface area contributed by atoms with Crippen LogP contribution in [-0.2, 0) is 0 Å². The minimum atomic E-state index is -0.320. The molecule has 1 aromatic heterocycles. The van der Waals surface area contributed by atoms with Crippen molar-refractivity contribution in [2.24, 2.45) is 5.73 Å². The van der Waals surface area contributed by atoms with Crippen molar-refractivity contribution in [3.63, 3.8) is 0 Å². The molecule has 0 fully saturated rings. The number of halogens is 1. The molecule has 0 saturated carbocycles. The molecule has 1 heterocycles. The lowest BCUT2D eigenvalue weighted by Gasteiger charge is -2.25. The molecule has 0 aliphatic rings. The summed E-state index contributed by atoms with van der Waals surface area (Å²) in [5, 5.41) is 3.98. The fraction of sp³-hybridized carbons (Fsp3) is 0.333. The summed E-state index contributed by atoms with van der Waals surface area (Å²) in [6, 6.07) is 11.4. The quantitative estimate of drug-likeness (QED) is 0.910. The lowest BCUT2D eigenvalue weighted by atomic mass is 10.0. The number of pyridine rings is 1. The fourth-order valence-electron chi connectivity index (χ4n) is 1.99. The molecule has 20 heavy (non-hydrogen) atoms. The molecule has 108 valence electrons. The van der Waals surface area contributed by atoms with E-state index >= 15 is 0 Å². The average molecular weight is 294 g/mol. The van der Waals surface area contributed by atoms with Gasteiger partial charge in [-0.2, -0.15) is 0 Å². The fourth-order valence-corrected chi connectivity index (χ4v) is 1.99. The van der Waals surface area contributed by atoms with Crippen molar-refractivity contribution in [3.8, 4) is 0 Å². The van der Waals surface area contributed by atoms with Gasteiger partial charge < -0.3 is 11.1 Å². The van der Waals surface area contributed by atoms with E-state index in [0.29, 0.717) is 12.2 Å². The lowest BCUT2D eigenvalue weighted by molar-refractivity contribution is 0.0905. The third-order valence-corrected chi connectivity index (χ3v) is 3.05. The molecule has 0 atom stereocenters. The molecule has 1 aromatic carbocycles. The summed E-state index contributed by atoms with van der Waals surface area (Å²) in [4.78, 5) is 16.5. The van der Waals surface area contributed by atoms with Crippen LogP contribution >= 0.6 is 12.4 Å². The minimum Gasteiger partial charge on any atom is -0.346 e. The molecule has 0 bridgehead atoms. The summed E-state index contributed by atoms with van der Waals surface area (Å²) in [6.45, 7) is 4.45. The van der Waals surface area contributed by atoms with E-state index in [1.807, 2.05) is 44.2 Å². The Morgan fingerprint density at radius 2 is 1.95 bits per heavy atom. The maximum atomic E-state index is 12.2. The van der Waals surface area contributed by atoms with Gasteiger partial charge in [-0.25, -0.2) is 4.98 Å². The van der Waals surface area contributed by atoms with Crippen molar-refractivity contribution >= 4 is 29.2 Å². The van der Waals surface area contributed by atoms with Crippen molar-refractivity contribution in [1.29, 1.82) is 0 Å². The van der Waals surface area contributed by atoms with E-state index in [0.717, 1.165) is 17.3 Å². The number of fused-ring (bicyclic) bond motifs is 1. The Bertz CT molecular complexity index is 598. The maximum absolute atomic E-state index is 12.2. The van der Waals surface area contributed by atoms with E-state index in [1.165, 1.54) is 0 Å². The van der Waals surface area contributed by atoms with Gasteiger partial charge in [-0.3, -0.25) is 4.79 Å². The number of aromatic nitrogens is 1. The molecular formula is C15H20ClN3O. The highest BCUT2D eigenvalue weighted by Gasteiger charge is 2.20. The highest BCUT2D eigenvalue weighted by molar-refractivity contribution is 5.95. The largest absolute Gasteiger partial charge is 0.346 e. The number of nitrogens with two attached hydrogens (primary N) is 1. The van der Waals surface area contributed by atoms with Gasteiger partial charge in [0, 0.05) is 10.9 Å². The Morgan fingerprint density at radius 3 is 2.65 bits per heavy atom. The van der Waals surface area contributed by atoms with E-state index in [2.05, 4.69) is 10.3 Å². The molecule has 1 amide bonds. The summed E-state index contributed by atoms with van der Waals surface area (Å²) < 4.78 is 0. The Morgan fingerprint density at radius 1 is 1.25 bits per heavy atom. The molecule has 0 spiro atoms. The van der Waals surface area contributed by atoms with Crippen molar-refractivity contribution in [3.05, 3.63) is 42.1 Å². The van der Waals surface area contributed by atoms with Crippen LogP contribution in [0.15, 0.2) is 36.4 Å². The molecule has 0 unspecified atom stereocenters. The highest BCUT2D eigenvalue weighted by Crippen LogP contribution is 2.13. The second-order valence-corrected chi connectivity index (χ2v) is 5.27. The summed E-state index contributed by atoms with van der Waals surface area (Å²) in [5.74, 6) is -0.163. The monoisotopic (exact) mass is 293 g/mol. The number of carbonyl (C=O) groups is 1. The maximum Gasteiger partial charge on any atom is 0.270 e. The molecule has 0 saturated heterocycles. The van der Waals surface area contributed by atoms with E-state index in [9.17, 15) is 4.79 Å². The van der Waals surface area contributed by atoms with E-state index in [1.54, 1.807) is 6.07 Å². The van der Waals surface area contributed by atoms with Crippen LogP contribution in [0.1, 0.15) is 30.8 Å². The van der Waals surface area contributed by atoms with Gasteiger partial charge in [0.05, 0.1) is 5.52 Å². The van der Waals surface area contributed by atoms with Crippen LogP contribution in [0.5, 0.6) is 0 Å². The zero-order chi connectivity index (χ0) is 13.9. The summed E-state index contributed by atoms with van der Waals surface area (Å²) >= 11 is 0. The van der Waals surface area contributed by atoms with Crippen LogP contribution in [-0.4, -0.2) is 23.0 Å². The highest BCUT2D eigenvalue weighted by atomic mass is 35.5. The Labute approximate surface area is 125 Å². The van der Waals surface area contributed by atoms with E-state index in [4.69, 9.17) is 5.73 Å². The molecular weight excluding hydrogens is 274 g/mol. The zero-order valence-corrected chi connectivity index (χ0v) is 12.5. The van der Waals surface area contributed by atoms with Gasteiger partial charge in [-0.1, -0.05) is 24.3 Å². The molecule has 0 aliphatic heterocycles. The van der Waals surface area contributed by atoms with Gasteiger partial charge in [0.25, 0.3) is 5.91 Å². The predicted molar refractivity (Wildman–Crippen MR) is 84.2 cm³/mol. The van der Waals surface area contributed by atoms with Crippen LogP contribution < -0.4 is 11.1 Å². The standard InChI is InChI=1S/C15H19N3O.ClH/c1-15(2,9-10-16)18-14(19)13-8-7-11-5-3-4-6-12(11)17-13;/h3-8H,9-10,16H2,1-2H3,(H,18,19);1H. The minimum absolute atomic E-state index is 0. The predicted octanol–water partition coefficient (Wildman–Crippen LogP) is 2.51. The van der Waals surface area contributed by atoms with Gasteiger partial charge in [-0.05, 0) is 38.9 Å². The molecule has 0 aliphatic carbocycles. The first kappa shape index (κ1) is 16.4. The third kappa shape index (κ3) is 3.92. The van der Waals surface area contributed by atoms with Crippen molar-refractivity contribution < 1.29 is 4.79 Å². The van der Waals surface area contributed by atoms with E-state index in [-0.39, 0.29) is 23.9 Å². The summed E-state index contributed by atoms with van der Waals surface area (Å²) in [5.41, 5.74) is 6.48. The number of nitrogens with zero attached hydrogens (tertiary/aromatic N) is 1. The second-order valence-electron chi connectivity index (χ2n) is 5.27. The van der Waals surface area contributed by atoms with Gasteiger partial charge in [0.2, 0.25) is 0 Å². The van der Waals surface area contributed by atoms with E-state index < -0.39 is 0 Å². The summed E-state index contributed by atoms with van der Waals surface area (Å²) in [7, 11) is 0. The van der Waals surface area contributed by atoms with Gasteiger partial charge in [0.1, 0.15) is 5.69 Å². The Balaban J connectivity index is 0.00000200. The molecule has 5 heteroatoms. The average Bonchev–Trinajstić information content (AvgIpc) is 2.37. The number of rotatable bonds is 4. The van der Waals surface area contributed by atoms with Gasteiger partial charge in [-0.15, -0.1) is 12.4 Å². The van der Waals surface area contributed by atoms with Crippen molar-refractivity contribution in [2.45, 2.75) is 25.8 Å². The molecule has 2 aromatic rings. The van der Waals surface area contributed by atoms with Gasteiger partial charge in [0.15, 0.2) is 0 Å². The first-order valence-electron chi connectivity index (χ1n) is 6.40. The molecule has 0 radical (unpaired) electrons. The Kier molecular flexibility index (Phi) is 5.48. The Hall–Kier alpha value is -1.65. The first-order chi connectivity index (χ1) is 9.02. The first-order valence-corrected chi connectivity index (χ1v) is 6.40. The number of hydrogen-bond donors (Lipinski definition) is 2. The lowest BCUT2D eigenvalue weighted by Crippen LogP contribution is -2.45. The number of benzene rings is 1. The number of para-hydroxylation sites is 1. The van der Waals surface area contributed by atoms with Crippen LogP contribution in [0, 0.1) is 0 Å². The topological polar surface area (TPSA) is 68.0 Å². The number of hydrogen-bond acceptors (Lipinski definition) is 3. The molecule has 4 nitrogen and oxygen atoms in total. The van der Waals surface area contributed by atoms with Crippen molar-refractivity contribution in [1.82, 2.24) is 10.3 Å². The molecule has 2 rings (SSSR count). The number of amides is 1. The van der Waals surface area contributed by atoms with Gasteiger partial charge >= 0.3 is 0 Å². The van der Waals surface area contributed by atoms with Crippen molar-refractivity contribution in [2.75, 3.05) is 6.54 Å². The van der Waals surface area contributed by atoms with Crippen LogP contribution in [0.4, 0.5) is 0 Å². The number of carbonyl (C=O) groups excluding carboxylic acids is 1. The smallest absolute Gasteiger partial charge is 0.270 e. The number of nitrogens with one attached hydrogen (secondary N) is 1.